The lowest BCUT2D eigenvalue weighted by Crippen LogP contribution is -2.27. The number of nitrogens with zero attached hydrogens (tertiary/aromatic N) is 2. The molecule has 0 saturated heterocycles. The zero-order valence-electron chi connectivity index (χ0n) is 14.6. The van der Waals surface area contributed by atoms with E-state index in [0.717, 1.165) is 33.8 Å². The lowest BCUT2D eigenvalue weighted by Gasteiger charge is -2.04. The third-order valence-electron chi connectivity index (χ3n) is 4.79. The van der Waals surface area contributed by atoms with Crippen LogP contribution in [-0.4, -0.2) is 24.2 Å². The van der Waals surface area contributed by atoms with Gasteiger partial charge in [0.25, 0.3) is 0 Å². The Kier molecular flexibility index (Phi) is 4.59. The third kappa shape index (κ3) is 3.59. The monoisotopic (exact) mass is 427 g/mol. The highest BCUT2D eigenvalue weighted by atomic mass is 32.2. The Morgan fingerprint density at radius 2 is 1.82 bits per heavy atom. The summed E-state index contributed by atoms with van der Waals surface area (Å²) in [6.45, 7) is 1.98. The van der Waals surface area contributed by atoms with Crippen molar-refractivity contribution in [2.24, 2.45) is 5.92 Å². The Morgan fingerprint density at radius 3 is 2.46 bits per heavy atom. The van der Waals surface area contributed by atoms with Gasteiger partial charge in [0.15, 0.2) is 5.69 Å². The molecule has 0 unspecified atom stereocenters. The fourth-order valence-electron chi connectivity index (χ4n) is 3.24. The Morgan fingerprint density at radius 1 is 1.11 bits per heavy atom. The van der Waals surface area contributed by atoms with Gasteiger partial charge < -0.3 is 0 Å². The van der Waals surface area contributed by atoms with E-state index in [9.17, 15) is 21.6 Å². The van der Waals surface area contributed by atoms with Crippen molar-refractivity contribution in [3.8, 4) is 5.00 Å². The van der Waals surface area contributed by atoms with Crippen molar-refractivity contribution < 1.29 is 21.6 Å². The average molecular weight is 427 g/mol. The molecular weight excluding hydrogens is 411 g/mol. The third-order valence-corrected chi connectivity index (χ3v) is 7.82. The number of nitrogens with one attached hydrogen (secondary N) is 1. The highest BCUT2D eigenvalue weighted by molar-refractivity contribution is 7.91. The predicted octanol–water partition coefficient (Wildman–Crippen LogP) is 4.03. The molecule has 10 heteroatoms. The lowest BCUT2D eigenvalue weighted by atomic mass is 10.1. The number of alkyl halides is 3. The summed E-state index contributed by atoms with van der Waals surface area (Å²) >= 11 is 0.868. The van der Waals surface area contributed by atoms with Gasteiger partial charge in [-0.05, 0) is 29.7 Å². The predicted molar refractivity (Wildman–Crippen MR) is 98.9 cm³/mol. The van der Waals surface area contributed by atoms with Gasteiger partial charge in [-0.1, -0.05) is 37.3 Å². The SMILES string of the molecule is C[C@H]1[C@H](NS(=O)(=O)c2ccc(-n3ccc(C(F)(F)F)n3)s2)[C@H]1c1ccccc1. The van der Waals surface area contributed by atoms with Gasteiger partial charge in [0, 0.05) is 18.2 Å². The molecule has 2 heterocycles. The van der Waals surface area contributed by atoms with E-state index in [2.05, 4.69) is 9.82 Å². The molecule has 4 rings (SSSR count). The maximum absolute atomic E-state index is 12.7. The van der Waals surface area contributed by atoms with Crippen molar-refractivity contribution >= 4 is 21.4 Å². The summed E-state index contributed by atoms with van der Waals surface area (Å²) in [7, 11) is -3.77. The minimum atomic E-state index is -4.55. The van der Waals surface area contributed by atoms with E-state index in [0.29, 0.717) is 5.00 Å². The van der Waals surface area contributed by atoms with Gasteiger partial charge in [-0.25, -0.2) is 17.8 Å². The molecule has 1 aliphatic rings. The summed E-state index contributed by atoms with van der Waals surface area (Å²) in [5.74, 6) is 0.271. The van der Waals surface area contributed by atoms with Gasteiger partial charge >= 0.3 is 6.18 Å². The largest absolute Gasteiger partial charge is 0.435 e. The topological polar surface area (TPSA) is 64.0 Å². The number of halogens is 3. The van der Waals surface area contributed by atoms with E-state index >= 15 is 0 Å². The van der Waals surface area contributed by atoms with Crippen molar-refractivity contribution in [3.63, 3.8) is 0 Å². The molecule has 5 nitrogen and oxygen atoms in total. The molecule has 148 valence electrons. The second-order valence-corrected chi connectivity index (χ2v) is 9.68. The normalized spacial score (nSPS) is 22.4. The number of hydrogen-bond donors (Lipinski definition) is 1. The van der Waals surface area contributed by atoms with E-state index in [4.69, 9.17) is 0 Å². The van der Waals surface area contributed by atoms with Crippen LogP contribution in [0.4, 0.5) is 13.2 Å². The summed E-state index contributed by atoms with van der Waals surface area (Å²) < 4.78 is 67.3. The summed E-state index contributed by atoms with van der Waals surface area (Å²) in [6, 6.07) is 13.1. The van der Waals surface area contributed by atoms with Gasteiger partial charge in [0.2, 0.25) is 10.0 Å². The van der Waals surface area contributed by atoms with Crippen LogP contribution in [0.3, 0.4) is 0 Å². The molecule has 1 fully saturated rings. The summed E-state index contributed by atoms with van der Waals surface area (Å²) in [4.78, 5) is 0. The van der Waals surface area contributed by atoms with Gasteiger partial charge in [-0.2, -0.15) is 18.3 Å². The van der Waals surface area contributed by atoms with Crippen LogP contribution in [0, 0.1) is 5.92 Å². The van der Waals surface area contributed by atoms with E-state index in [1.807, 2.05) is 37.3 Å². The molecule has 0 bridgehead atoms. The Balaban J connectivity index is 1.51. The number of hydrogen-bond acceptors (Lipinski definition) is 4. The first-order valence-electron chi connectivity index (χ1n) is 8.47. The van der Waals surface area contributed by atoms with Crippen molar-refractivity contribution in [2.45, 2.75) is 29.3 Å². The summed E-state index contributed by atoms with van der Waals surface area (Å²) in [5.41, 5.74) is 0.0479. The maximum Gasteiger partial charge on any atom is 0.435 e. The Labute approximate surface area is 163 Å². The van der Waals surface area contributed by atoms with E-state index in [-0.39, 0.29) is 22.1 Å². The van der Waals surface area contributed by atoms with E-state index in [1.54, 1.807) is 0 Å². The van der Waals surface area contributed by atoms with Crippen LogP contribution in [0.5, 0.6) is 0 Å². The Bertz CT molecular complexity index is 1090. The molecule has 0 aliphatic heterocycles. The van der Waals surface area contributed by atoms with Gasteiger partial charge in [-0.15, -0.1) is 11.3 Å². The van der Waals surface area contributed by atoms with Crippen LogP contribution in [0.1, 0.15) is 24.1 Å². The van der Waals surface area contributed by atoms with Crippen molar-refractivity contribution in [3.05, 3.63) is 66.0 Å². The van der Waals surface area contributed by atoms with Crippen LogP contribution in [0.2, 0.25) is 0 Å². The number of benzene rings is 1. The van der Waals surface area contributed by atoms with Gasteiger partial charge in [0.1, 0.15) is 9.21 Å². The Hall–Kier alpha value is -2.17. The molecule has 2 aromatic heterocycles. The fraction of sp³-hybridized carbons (Fsp3) is 0.278. The average Bonchev–Trinajstić information content (AvgIpc) is 3.10. The maximum atomic E-state index is 12.7. The van der Waals surface area contributed by atoms with Crippen molar-refractivity contribution in [1.82, 2.24) is 14.5 Å². The van der Waals surface area contributed by atoms with Crippen LogP contribution in [0.25, 0.3) is 5.00 Å². The van der Waals surface area contributed by atoms with Gasteiger partial charge in [0.05, 0.1) is 0 Å². The summed E-state index contributed by atoms with van der Waals surface area (Å²) in [6.07, 6.45) is -3.39. The number of sulfonamides is 1. The smallest absolute Gasteiger partial charge is 0.230 e. The minimum Gasteiger partial charge on any atom is -0.230 e. The molecule has 3 aromatic rings. The first-order valence-corrected chi connectivity index (χ1v) is 10.8. The van der Waals surface area contributed by atoms with Crippen LogP contribution >= 0.6 is 11.3 Å². The highest BCUT2D eigenvalue weighted by Crippen LogP contribution is 2.48. The molecule has 0 radical (unpaired) electrons. The molecule has 1 saturated carbocycles. The quantitative estimate of drug-likeness (QED) is 0.669. The second-order valence-electron chi connectivity index (χ2n) is 6.68. The molecule has 1 N–H and O–H groups in total. The van der Waals surface area contributed by atoms with Crippen molar-refractivity contribution in [2.75, 3.05) is 0 Å². The van der Waals surface area contributed by atoms with E-state index in [1.165, 1.54) is 12.1 Å². The summed E-state index contributed by atoms with van der Waals surface area (Å²) in [5, 5.41) is 3.76. The van der Waals surface area contributed by atoms with Crippen molar-refractivity contribution in [1.29, 1.82) is 0 Å². The zero-order chi connectivity index (χ0) is 20.1. The first kappa shape index (κ1) is 19.2. The number of aromatic nitrogens is 2. The van der Waals surface area contributed by atoms with E-state index < -0.39 is 21.9 Å². The molecule has 1 aromatic carbocycles. The molecule has 0 spiro atoms. The molecule has 3 atom stereocenters. The zero-order valence-corrected chi connectivity index (χ0v) is 16.2. The minimum absolute atomic E-state index is 0.0393. The lowest BCUT2D eigenvalue weighted by molar-refractivity contribution is -0.141. The van der Waals surface area contributed by atoms with Gasteiger partial charge in [-0.3, -0.25) is 0 Å². The van der Waals surface area contributed by atoms with Crippen LogP contribution < -0.4 is 4.72 Å². The van der Waals surface area contributed by atoms with Crippen LogP contribution in [0.15, 0.2) is 58.9 Å². The first-order chi connectivity index (χ1) is 13.2. The molecular formula is C18H16F3N3O2S2. The molecule has 0 amide bonds. The molecule has 1 aliphatic carbocycles. The standard InChI is InChI=1S/C18H16F3N3O2S2/c1-11-16(12-5-3-2-4-6-12)17(11)23-28(25,26)15-8-7-14(27-15)24-10-9-13(22-24)18(19,20)21/h2-11,16-17,23H,1H3/t11-,16-,17+/m1/s1. The van der Waals surface area contributed by atoms with Crippen LogP contribution in [-0.2, 0) is 16.2 Å². The number of rotatable bonds is 5. The fourth-order valence-corrected chi connectivity index (χ4v) is 5.84. The molecule has 28 heavy (non-hydrogen) atoms. The second kappa shape index (κ2) is 6.71. The highest BCUT2D eigenvalue weighted by Gasteiger charge is 2.49. The number of thiophene rings is 1.